The smallest absolute Gasteiger partial charge is 0.222 e. The van der Waals surface area contributed by atoms with Gasteiger partial charge in [0.25, 0.3) is 0 Å². The molecular formula is C19H31N5O2. The predicted octanol–water partition coefficient (Wildman–Crippen LogP) is 1.49. The minimum atomic E-state index is 0.0413. The number of nitrogens with zero attached hydrogens (tertiary/aromatic N) is 4. The predicted molar refractivity (Wildman–Crippen MR) is 101 cm³/mol. The van der Waals surface area contributed by atoms with Crippen molar-refractivity contribution in [3.63, 3.8) is 0 Å². The number of aromatic nitrogens is 2. The molecule has 2 aliphatic rings. The summed E-state index contributed by atoms with van der Waals surface area (Å²) in [5, 5.41) is 12.4. The largest absolute Gasteiger partial charge is 0.395 e. The second kappa shape index (κ2) is 8.31. The van der Waals surface area contributed by atoms with Crippen LogP contribution in [-0.2, 0) is 11.3 Å². The van der Waals surface area contributed by atoms with Crippen LogP contribution in [0.2, 0.25) is 0 Å². The molecule has 7 nitrogen and oxygen atoms in total. The number of nitrogens with one attached hydrogen (secondary N) is 1. The Kier molecular flexibility index (Phi) is 6.09. The van der Waals surface area contributed by atoms with Crippen LogP contribution in [0.4, 0.5) is 5.95 Å². The Morgan fingerprint density at radius 3 is 2.73 bits per heavy atom. The van der Waals surface area contributed by atoms with Crippen LogP contribution in [0.1, 0.15) is 45.1 Å². The van der Waals surface area contributed by atoms with Crippen LogP contribution in [0, 0.1) is 5.41 Å². The number of likely N-dealkylation sites (tertiary alicyclic amines) is 2. The molecule has 2 saturated heterocycles. The van der Waals surface area contributed by atoms with Crippen molar-refractivity contribution in [1.29, 1.82) is 0 Å². The van der Waals surface area contributed by atoms with Gasteiger partial charge < -0.3 is 15.3 Å². The SMILES string of the molecule is CC(C)Nc1ncc(CN2CCC[C@@]3(CCC(=O)N(CCO)C3)C2)cn1. The van der Waals surface area contributed by atoms with Crippen molar-refractivity contribution >= 4 is 11.9 Å². The van der Waals surface area contributed by atoms with Gasteiger partial charge in [0, 0.05) is 62.0 Å². The van der Waals surface area contributed by atoms with Gasteiger partial charge in [0.2, 0.25) is 11.9 Å². The standard InChI is InChI=1S/C19H31N5O2/c1-15(2)22-18-20-10-16(11-21-18)12-23-7-3-5-19(13-23)6-4-17(26)24(14-19)8-9-25/h10-11,15,25H,3-9,12-14H2,1-2H3,(H,20,21,22)/t19-/m1/s1. The van der Waals surface area contributed by atoms with Crippen molar-refractivity contribution in [2.24, 2.45) is 5.41 Å². The van der Waals surface area contributed by atoms with E-state index in [0.717, 1.165) is 51.0 Å². The summed E-state index contributed by atoms with van der Waals surface area (Å²) in [6.45, 7) is 8.32. The van der Waals surface area contributed by atoms with Gasteiger partial charge in [-0.05, 0) is 39.7 Å². The Labute approximate surface area is 155 Å². The van der Waals surface area contributed by atoms with E-state index in [1.165, 1.54) is 0 Å². The van der Waals surface area contributed by atoms with Crippen LogP contribution < -0.4 is 5.32 Å². The molecule has 0 aliphatic carbocycles. The van der Waals surface area contributed by atoms with Crippen molar-refractivity contribution in [1.82, 2.24) is 19.8 Å². The highest BCUT2D eigenvalue weighted by atomic mass is 16.3. The summed E-state index contributed by atoms with van der Waals surface area (Å²) in [4.78, 5) is 25.2. The van der Waals surface area contributed by atoms with Gasteiger partial charge in [0.05, 0.1) is 6.61 Å². The number of carbonyl (C=O) groups is 1. The fraction of sp³-hybridized carbons (Fsp3) is 0.737. The zero-order valence-corrected chi connectivity index (χ0v) is 15.9. The third kappa shape index (κ3) is 4.71. The van der Waals surface area contributed by atoms with Crippen molar-refractivity contribution in [3.05, 3.63) is 18.0 Å². The van der Waals surface area contributed by atoms with E-state index in [4.69, 9.17) is 0 Å². The molecule has 144 valence electrons. The number of piperidine rings is 2. The molecule has 2 N–H and O–H groups in total. The molecule has 0 saturated carbocycles. The van der Waals surface area contributed by atoms with E-state index in [1.54, 1.807) is 0 Å². The van der Waals surface area contributed by atoms with Crippen LogP contribution in [-0.4, -0.2) is 69.6 Å². The number of β-amino-alcohol motifs (C(OH)–C–C–N with tert-alkyl or cyclic N) is 1. The van der Waals surface area contributed by atoms with Crippen molar-refractivity contribution in [2.75, 3.05) is 38.1 Å². The minimum Gasteiger partial charge on any atom is -0.395 e. The molecule has 1 aromatic heterocycles. The number of rotatable bonds is 6. The van der Waals surface area contributed by atoms with Gasteiger partial charge in [-0.25, -0.2) is 9.97 Å². The fourth-order valence-corrected chi connectivity index (χ4v) is 4.23. The van der Waals surface area contributed by atoms with Gasteiger partial charge in [0.15, 0.2) is 0 Å². The number of aliphatic hydroxyl groups is 1. The van der Waals surface area contributed by atoms with E-state index in [1.807, 2.05) is 17.3 Å². The lowest BCUT2D eigenvalue weighted by Gasteiger charge is -2.48. The van der Waals surface area contributed by atoms with E-state index in [0.29, 0.717) is 25.0 Å². The van der Waals surface area contributed by atoms with E-state index in [9.17, 15) is 9.90 Å². The van der Waals surface area contributed by atoms with Gasteiger partial charge in [-0.2, -0.15) is 0 Å². The molecule has 3 rings (SSSR count). The van der Waals surface area contributed by atoms with Crippen LogP contribution in [0.15, 0.2) is 12.4 Å². The highest BCUT2D eigenvalue weighted by Gasteiger charge is 2.41. The molecule has 0 radical (unpaired) electrons. The fourth-order valence-electron chi connectivity index (χ4n) is 4.23. The summed E-state index contributed by atoms with van der Waals surface area (Å²) in [5.41, 5.74) is 1.29. The molecule has 1 aromatic rings. The Hall–Kier alpha value is -1.73. The average molecular weight is 361 g/mol. The van der Waals surface area contributed by atoms with Crippen molar-refractivity contribution in [2.45, 2.75) is 52.1 Å². The topological polar surface area (TPSA) is 81.6 Å². The third-order valence-corrected chi connectivity index (χ3v) is 5.39. The molecule has 1 atom stereocenters. The van der Waals surface area contributed by atoms with Gasteiger partial charge in [0.1, 0.15) is 0 Å². The molecule has 7 heteroatoms. The second-order valence-corrected chi connectivity index (χ2v) is 8.07. The van der Waals surface area contributed by atoms with E-state index in [2.05, 4.69) is 34.0 Å². The highest BCUT2D eigenvalue weighted by Crippen LogP contribution is 2.39. The average Bonchev–Trinajstić information content (AvgIpc) is 2.60. The maximum absolute atomic E-state index is 12.1. The molecule has 0 unspecified atom stereocenters. The Morgan fingerprint density at radius 2 is 2.04 bits per heavy atom. The Bertz CT molecular complexity index is 606. The Balaban J connectivity index is 1.60. The van der Waals surface area contributed by atoms with E-state index < -0.39 is 0 Å². The molecule has 2 aliphatic heterocycles. The monoisotopic (exact) mass is 361 g/mol. The zero-order valence-electron chi connectivity index (χ0n) is 15.9. The molecule has 0 aromatic carbocycles. The van der Waals surface area contributed by atoms with Crippen LogP contribution in [0.25, 0.3) is 0 Å². The number of amides is 1. The maximum Gasteiger partial charge on any atom is 0.222 e. The molecule has 26 heavy (non-hydrogen) atoms. The van der Waals surface area contributed by atoms with E-state index in [-0.39, 0.29) is 17.9 Å². The van der Waals surface area contributed by atoms with Crippen molar-refractivity contribution < 1.29 is 9.90 Å². The molecule has 2 fully saturated rings. The summed E-state index contributed by atoms with van der Waals surface area (Å²) in [7, 11) is 0. The van der Waals surface area contributed by atoms with Crippen LogP contribution >= 0.6 is 0 Å². The Morgan fingerprint density at radius 1 is 1.27 bits per heavy atom. The molecular weight excluding hydrogens is 330 g/mol. The first-order chi connectivity index (χ1) is 12.5. The van der Waals surface area contributed by atoms with Gasteiger partial charge in [-0.1, -0.05) is 0 Å². The highest BCUT2D eigenvalue weighted by molar-refractivity contribution is 5.77. The summed E-state index contributed by atoms with van der Waals surface area (Å²) < 4.78 is 0. The van der Waals surface area contributed by atoms with Gasteiger partial charge in [-0.3, -0.25) is 9.69 Å². The van der Waals surface area contributed by atoms with Crippen molar-refractivity contribution in [3.8, 4) is 0 Å². The molecule has 3 heterocycles. The number of carbonyl (C=O) groups excluding carboxylic acids is 1. The second-order valence-electron chi connectivity index (χ2n) is 8.07. The normalized spacial score (nSPS) is 24.5. The van der Waals surface area contributed by atoms with Gasteiger partial charge >= 0.3 is 0 Å². The van der Waals surface area contributed by atoms with Crippen LogP contribution in [0.5, 0.6) is 0 Å². The first-order valence-electron chi connectivity index (χ1n) is 9.68. The minimum absolute atomic E-state index is 0.0413. The number of hydrogen-bond donors (Lipinski definition) is 2. The van der Waals surface area contributed by atoms with Gasteiger partial charge in [-0.15, -0.1) is 0 Å². The first kappa shape index (κ1) is 19.0. The molecule has 0 bridgehead atoms. The number of aliphatic hydroxyl groups excluding tert-OH is 1. The lowest BCUT2D eigenvalue weighted by molar-refractivity contribution is -0.140. The summed E-state index contributed by atoms with van der Waals surface area (Å²) in [6, 6.07) is 0.318. The summed E-state index contributed by atoms with van der Waals surface area (Å²) in [5.74, 6) is 0.854. The summed E-state index contributed by atoms with van der Waals surface area (Å²) in [6.07, 6.45) is 7.68. The van der Waals surface area contributed by atoms with E-state index >= 15 is 0 Å². The lowest BCUT2D eigenvalue weighted by atomic mass is 9.73. The quantitative estimate of drug-likeness (QED) is 0.799. The maximum atomic E-state index is 12.1. The summed E-state index contributed by atoms with van der Waals surface area (Å²) >= 11 is 0. The zero-order chi connectivity index (χ0) is 18.6. The number of hydrogen-bond acceptors (Lipinski definition) is 6. The third-order valence-electron chi connectivity index (χ3n) is 5.39. The van der Waals surface area contributed by atoms with Crippen LogP contribution in [0.3, 0.4) is 0 Å². The first-order valence-corrected chi connectivity index (χ1v) is 9.68. The lowest BCUT2D eigenvalue weighted by Crippen LogP contribution is -2.54. The molecule has 1 amide bonds. The number of anilines is 1. The molecule has 1 spiro atoms.